The molecule has 2 heterocycles. The molecule has 6 heteroatoms. The van der Waals surface area contributed by atoms with Gasteiger partial charge >= 0.3 is 0 Å². The van der Waals surface area contributed by atoms with Crippen molar-refractivity contribution in [1.82, 2.24) is 9.88 Å². The Morgan fingerprint density at radius 2 is 2.07 bits per heavy atom. The minimum Gasteiger partial charge on any atom is -0.497 e. The summed E-state index contributed by atoms with van der Waals surface area (Å²) in [7, 11) is 1.66. The zero-order valence-corrected chi connectivity index (χ0v) is 16.1. The lowest BCUT2D eigenvalue weighted by Gasteiger charge is -2.17. The molecule has 5 nitrogen and oxygen atoms in total. The molecule has 1 aliphatic rings. The third-order valence-corrected chi connectivity index (χ3v) is 5.26. The molecule has 1 N–H and O–H groups in total. The van der Waals surface area contributed by atoms with Gasteiger partial charge in [-0.1, -0.05) is 11.6 Å². The van der Waals surface area contributed by atoms with Gasteiger partial charge in [0.25, 0.3) is 0 Å². The molecule has 3 aromatic rings. The summed E-state index contributed by atoms with van der Waals surface area (Å²) in [5, 5.41) is 6.27. The number of likely N-dealkylation sites (tertiary alicyclic amines) is 1. The van der Waals surface area contributed by atoms with Gasteiger partial charge in [-0.25, -0.2) is 4.98 Å². The number of hydrogen-bond acceptors (Lipinski definition) is 4. The van der Waals surface area contributed by atoms with E-state index in [-0.39, 0.29) is 5.91 Å². The zero-order valence-electron chi connectivity index (χ0n) is 15.3. The summed E-state index contributed by atoms with van der Waals surface area (Å²) < 4.78 is 5.39. The van der Waals surface area contributed by atoms with Gasteiger partial charge in [-0.15, -0.1) is 0 Å². The summed E-state index contributed by atoms with van der Waals surface area (Å²) >= 11 is 6.17. The number of methoxy groups -OCH3 is 1. The fraction of sp³-hybridized carbons (Fsp3) is 0.333. The van der Waals surface area contributed by atoms with Crippen LogP contribution in [0.2, 0.25) is 5.02 Å². The number of benzene rings is 2. The third-order valence-electron chi connectivity index (χ3n) is 5.02. The lowest BCUT2D eigenvalue weighted by Crippen LogP contribution is -2.27. The van der Waals surface area contributed by atoms with E-state index in [4.69, 9.17) is 21.3 Å². The van der Waals surface area contributed by atoms with Crippen LogP contribution >= 0.6 is 11.6 Å². The van der Waals surface area contributed by atoms with Gasteiger partial charge in [-0.3, -0.25) is 4.79 Å². The third kappa shape index (κ3) is 3.65. The molecule has 1 amide bonds. The maximum atomic E-state index is 11.8. The first kappa shape index (κ1) is 17.9. The Balaban J connectivity index is 1.64. The van der Waals surface area contributed by atoms with E-state index in [1.165, 1.54) is 0 Å². The SMILES string of the molecule is COc1ccc2nc3cc(Cl)ccc3c(NCCCN3CCCC3=O)c2c1. The summed E-state index contributed by atoms with van der Waals surface area (Å²) in [4.78, 5) is 18.5. The summed E-state index contributed by atoms with van der Waals surface area (Å²) in [6.45, 7) is 2.45. The Hall–Kier alpha value is -2.53. The predicted molar refractivity (Wildman–Crippen MR) is 110 cm³/mol. The van der Waals surface area contributed by atoms with Crippen molar-refractivity contribution in [3.05, 3.63) is 41.4 Å². The monoisotopic (exact) mass is 383 g/mol. The van der Waals surface area contributed by atoms with Crippen molar-refractivity contribution in [1.29, 1.82) is 0 Å². The van der Waals surface area contributed by atoms with E-state index in [1.54, 1.807) is 7.11 Å². The van der Waals surface area contributed by atoms with Crippen LogP contribution in [0.3, 0.4) is 0 Å². The van der Waals surface area contributed by atoms with Gasteiger partial charge in [0.1, 0.15) is 5.75 Å². The first-order valence-corrected chi connectivity index (χ1v) is 9.62. The molecule has 2 aromatic carbocycles. The summed E-state index contributed by atoms with van der Waals surface area (Å²) in [6, 6.07) is 11.6. The van der Waals surface area contributed by atoms with Crippen molar-refractivity contribution in [2.45, 2.75) is 19.3 Å². The number of halogens is 1. The van der Waals surface area contributed by atoms with Gasteiger partial charge in [0.05, 0.1) is 23.8 Å². The van der Waals surface area contributed by atoms with E-state index in [0.717, 1.165) is 65.7 Å². The number of carbonyl (C=O) groups is 1. The predicted octanol–water partition coefficient (Wildman–Crippen LogP) is 4.47. The summed E-state index contributed by atoms with van der Waals surface area (Å²) in [5.74, 6) is 1.07. The first-order valence-electron chi connectivity index (χ1n) is 9.24. The van der Waals surface area contributed by atoms with Gasteiger partial charge in [0, 0.05) is 41.9 Å². The topological polar surface area (TPSA) is 54.5 Å². The molecule has 4 rings (SSSR count). The van der Waals surface area contributed by atoms with E-state index in [9.17, 15) is 4.79 Å². The number of rotatable bonds is 6. The second-order valence-electron chi connectivity index (χ2n) is 6.80. The number of pyridine rings is 1. The maximum Gasteiger partial charge on any atom is 0.222 e. The van der Waals surface area contributed by atoms with Crippen molar-refractivity contribution in [2.24, 2.45) is 0 Å². The molecule has 0 radical (unpaired) electrons. The van der Waals surface area contributed by atoms with Crippen LogP contribution in [0, 0.1) is 0 Å². The lowest BCUT2D eigenvalue weighted by atomic mass is 10.1. The zero-order chi connectivity index (χ0) is 18.8. The lowest BCUT2D eigenvalue weighted by molar-refractivity contribution is -0.127. The fourth-order valence-corrected chi connectivity index (χ4v) is 3.80. The van der Waals surface area contributed by atoms with Crippen molar-refractivity contribution in [2.75, 3.05) is 32.1 Å². The number of amides is 1. The average molecular weight is 384 g/mol. The number of fused-ring (bicyclic) bond motifs is 2. The molecular formula is C21H22ClN3O2. The molecule has 1 saturated heterocycles. The number of carbonyl (C=O) groups excluding carboxylic acids is 1. The van der Waals surface area contributed by atoms with E-state index in [1.807, 2.05) is 41.3 Å². The Labute approximate surface area is 163 Å². The fourth-order valence-electron chi connectivity index (χ4n) is 3.64. The molecule has 0 bridgehead atoms. The largest absolute Gasteiger partial charge is 0.497 e. The standard InChI is InChI=1S/C21H22ClN3O2/c1-27-15-6-8-18-17(13-15)21(16-7-5-14(22)12-19(16)24-18)23-9-3-11-25-10-2-4-20(25)26/h5-8,12-13H,2-4,9-11H2,1H3,(H,23,24). The molecule has 140 valence electrons. The highest BCUT2D eigenvalue weighted by molar-refractivity contribution is 6.31. The van der Waals surface area contributed by atoms with E-state index >= 15 is 0 Å². The van der Waals surface area contributed by atoms with Crippen LogP contribution in [0.25, 0.3) is 21.8 Å². The number of aromatic nitrogens is 1. The molecule has 27 heavy (non-hydrogen) atoms. The molecule has 1 aromatic heterocycles. The second kappa shape index (κ2) is 7.61. The number of ether oxygens (including phenoxy) is 1. The Bertz CT molecular complexity index is 1010. The number of anilines is 1. The minimum absolute atomic E-state index is 0.272. The first-order chi connectivity index (χ1) is 13.2. The van der Waals surface area contributed by atoms with Gasteiger partial charge in [-0.05, 0) is 49.2 Å². The molecule has 1 aliphatic heterocycles. The highest BCUT2D eigenvalue weighted by Crippen LogP contribution is 2.34. The van der Waals surface area contributed by atoms with Crippen LogP contribution < -0.4 is 10.1 Å². The van der Waals surface area contributed by atoms with Gasteiger partial charge in [0.15, 0.2) is 0 Å². The highest BCUT2D eigenvalue weighted by Gasteiger charge is 2.19. The van der Waals surface area contributed by atoms with Crippen LogP contribution in [-0.4, -0.2) is 42.5 Å². The van der Waals surface area contributed by atoms with Crippen LogP contribution in [0.5, 0.6) is 5.75 Å². The quantitative estimate of drug-likeness (QED) is 0.504. The highest BCUT2D eigenvalue weighted by atomic mass is 35.5. The Morgan fingerprint density at radius 1 is 1.19 bits per heavy atom. The smallest absolute Gasteiger partial charge is 0.222 e. The molecule has 0 saturated carbocycles. The van der Waals surface area contributed by atoms with Gasteiger partial charge in [-0.2, -0.15) is 0 Å². The summed E-state index contributed by atoms with van der Waals surface area (Å²) in [5.41, 5.74) is 2.78. The van der Waals surface area contributed by atoms with Crippen molar-refractivity contribution in [3.8, 4) is 5.75 Å². The molecular weight excluding hydrogens is 362 g/mol. The Morgan fingerprint density at radius 3 is 2.85 bits per heavy atom. The van der Waals surface area contributed by atoms with E-state index < -0.39 is 0 Å². The molecule has 1 fully saturated rings. The van der Waals surface area contributed by atoms with Crippen molar-refractivity contribution >= 4 is 45.0 Å². The normalized spacial score (nSPS) is 14.3. The van der Waals surface area contributed by atoms with Crippen molar-refractivity contribution < 1.29 is 9.53 Å². The number of nitrogens with zero attached hydrogens (tertiary/aromatic N) is 2. The number of hydrogen-bond donors (Lipinski definition) is 1. The molecule has 0 unspecified atom stereocenters. The molecule has 0 atom stereocenters. The maximum absolute atomic E-state index is 11.8. The van der Waals surface area contributed by atoms with Gasteiger partial charge in [0.2, 0.25) is 5.91 Å². The second-order valence-corrected chi connectivity index (χ2v) is 7.23. The van der Waals surface area contributed by atoms with Crippen LogP contribution in [0.4, 0.5) is 5.69 Å². The van der Waals surface area contributed by atoms with Gasteiger partial charge < -0.3 is 15.0 Å². The average Bonchev–Trinajstić information content (AvgIpc) is 3.08. The molecule has 0 spiro atoms. The minimum atomic E-state index is 0.272. The number of nitrogens with one attached hydrogen (secondary N) is 1. The van der Waals surface area contributed by atoms with Crippen LogP contribution in [0.1, 0.15) is 19.3 Å². The van der Waals surface area contributed by atoms with Crippen molar-refractivity contribution in [3.63, 3.8) is 0 Å². The van der Waals surface area contributed by atoms with E-state index in [2.05, 4.69) is 5.32 Å². The van der Waals surface area contributed by atoms with Crippen LogP contribution in [-0.2, 0) is 4.79 Å². The van der Waals surface area contributed by atoms with Crippen LogP contribution in [0.15, 0.2) is 36.4 Å². The van der Waals surface area contributed by atoms with E-state index in [0.29, 0.717) is 11.4 Å². The summed E-state index contributed by atoms with van der Waals surface area (Å²) in [6.07, 6.45) is 2.56. The molecule has 0 aliphatic carbocycles. The Kier molecular flexibility index (Phi) is 5.03.